The van der Waals surface area contributed by atoms with Crippen LogP contribution in [0.2, 0.25) is 0 Å². The monoisotopic (exact) mass is 362 g/mol. The molecule has 0 saturated heterocycles. The summed E-state index contributed by atoms with van der Waals surface area (Å²) in [4.78, 5) is 25.7. The number of nitrogen functional groups attached to an aromatic ring is 1. The van der Waals surface area contributed by atoms with Crippen molar-refractivity contribution in [2.75, 3.05) is 11.1 Å². The summed E-state index contributed by atoms with van der Waals surface area (Å²) in [5.41, 5.74) is 10.4. The van der Waals surface area contributed by atoms with E-state index < -0.39 is 0 Å². The third kappa shape index (κ3) is 3.13. The Balaban J connectivity index is 1.60. The second-order valence-electron chi connectivity index (χ2n) is 6.38. The highest BCUT2D eigenvalue weighted by Gasteiger charge is 2.19. The molecule has 4 rings (SSSR count). The first-order valence-corrected chi connectivity index (χ1v) is 9.40. The van der Waals surface area contributed by atoms with Crippen molar-refractivity contribution in [2.45, 2.75) is 19.3 Å². The van der Waals surface area contributed by atoms with E-state index in [1.54, 1.807) is 29.5 Å². The van der Waals surface area contributed by atoms with Gasteiger partial charge in [-0.05, 0) is 59.7 Å². The molecule has 0 atom stereocenters. The van der Waals surface area contributed by atoms with Gasteiger partial charge in [-0.2, -0.15) is 0 Å². The van der Waals surface area contributed by atoms with Gasteiger partial charge in [0.25, 0.3) is 5.91 Å². The fraction of sp³-hybridized carbons (Fsp3) is 0.143. The molecule has 0 bridgehead atoms. The normalized spacial score (nSPS) is 13.3. The highest BCUT2D eigenvalue weighted by Crippen LogP contribution is 2.30. The number of Topliss-reactive ketones (excluding diaryl/α,β-unsaturated/α-hetero) is 1. The molecule has 1 aliphatic rings. The van der Waals surface area contributed by atoms with Gasteiger partial charge in [0.2, 0.25) is 0 Å². The van der Waals surface area contributed by atoms with E-state index in [-0.39, 0.29) is 11.7 Å². The number of carbonyl (C=O) groups is 2. The number of amides is 1. The van der Waals surface area contributed by atoms with E-state index in [0.29, 0.717) is 23.4 Å². The smallest absolute Gasteiger partial charge is 0.255 e. The molecule has 1 amide bonds. The third-order valence-electron chi connectivity index (χ3n) is 4.62. The van der Waals surface area contributed by atoms with Crippen LogP contribution in [0.4, 0.5) is 11.4 Å². The lowest BCUT2D eigenvalue weighted by molar-refractivity contribution is 0.0969. The second-order valence-corrected chi connectivity index (χ2v) is 7.33. The highest BCUT2D eigenvalue weighted by molar-refractivity contribution is 7.13. The molecule has 3 aromatic rings. The molecule has 26 heavy (non-hydrogen) atoms. The Bertz CT molecular complexity index is 993. The van der Waals surface area contributed by atoms with Crippen molar-refractivity contribution in [1.29, 1.82) is 0 Å². The molecule has 0 radical (unpaired) electrons. The molecule has 1 aliphatic carbocycles. The minimum absolute atomic E-state index is 0.158. The van der Waals surface area contributed by atoms with Gasteiger partial charge in [0, 0.05) is 22.4 Å². The maximum absolute atomic E-state index is 12.7. The summed E-state index contributed by atoms with van der Waals surface area (Å²) in [5.74, 6) is -0.0630. The van der Waals surface area contributed by atoms with Crippen molar-refractivity contribution in [3.05, 3.63) is 70.6 Å². The van der Waals surface area contributed by atoms with Crippen LogP contribution in [0.25, 0.3) is 10.4 Å². The van der Waals surface area contributed by atoms with Crippen LogP contribution in [0.15, 0.2) is 53.9 Å². The number of fused-ring (bicyclic) bond motifs is 1. The van der Waals surface area contributed by atoms with Crippen molar-refractivity contribution >= 4 is 34.4 Å². The predicted molar refractivity (Wildman–Crippen MR) is 106 cm³/mol. The molecule has 4 nitrogen and oxygen atoms in total. The van der Waals surface area contributed by atoms with E-state index in [0.717, 1.165) is 34.4 Å². The number of aryl methyl sites for hydroxylation is 1. The summed E-state index contributed by atoms with van der Waals surface area (Å²) in [6.07, 6.45) is 2.26. The molecule has 5 heteroatoms. The zero-order chi connectivity index (χ0) is 18.1. The lowest BCUT2D eigenvalue weighted by atomic mass is 9.89. The minimum atomic E-state index is -0.221. The number of thiophene rings is 1. The molecule has 3 N–H and O–H groups in total. The summed E-state index contributed by atoms with van der Waals surface area (Å²) in [7, 11) is 0. The van der Waals surface area contributed by atoms with E-state index in [2.05, 4.69) is 5.32 Å². The van der Waals surface area contributed by atoms with Crippen LogP contribution in [-0.2, 0) is 6.42 Å². The fourth-order valence-corrected chi connectivity index (χ4v) is 3.97. The van der Waals surface area contributed by atoms with Crippen LogP contribution in [0.1, 0.15) is 39.1 Å². The Morgan fingerprint density at radius 3 is 2.77 bits per heavy atom. The lowest BCUT2D eigenvalue weighted by Crippen LogP contribution is -2.16. The maximum Gasteiger partial charge on any atom is 0.255 e. The summed E-state index contributed by atoms with van der Waals surface area (Å²) in [5, 5.41) is 4.91. The van der Waals surface area contributed by atoms with Crippen LogP contribution < -0.4 is 11.1 Å². The van der Waals surface area contributed by atoms with Gasteiger partial charge in [0.15, 0.2) is 5.78 Å². The van der Waals surface area contributed by atoms with Crippen molar-refractivity contribution in [3.63, 3.8) is 0 Å². The summed E-state index contributed by atoms with van der Waals surface area (Å²) in [6, 6.07) is 14.9. The first-order valence-electron chi connectivity index (χ1n) is 8.53. The molecular formula is C21H18N2O2S. The zero-order valence-corrected chi connectivity index (χ0v) is 14.9. The molecule has 130 valence electrons. The molecule has 1 aromatic heterocycles. The average molecular weight is 362 g/mol. The van der Waals surface area contributed by atoms with E-state index in [9.17, 15) is 9.59 Å². The Hall–Kier alpha value is -2.92. The molecule has 1 heterocycles. The Kier molecular flexibility index (Phi) is 4.31. The highest BCUT2D eigenvalue weighted by atomic mass is 32.1. The second kappa shape index (κ2) is 6.77. The van der Waals surface area contributed by atoms with E-state index in [4.69, 9.17) is 5.73 Å². The van der Waals surface area contributed by atoms with Gasteiger partial charge in [-0.3, -0.25) is 9.59 Å². The molecule has 2 aromatic carbocycles. The number of nitrogens with two attached hydrogens (primary N) is 1. The van der Waals surface area contributed by atoms with Crippen LogP contribution in [0.3, 0.4) is 0 Å². The van der Waals surface area contributed by atoms with E-state index >= 15 is 0 Å². The third-order valence-corrected chi connectivity index (χ3v) is 5.54. The first-order chi connectivity index (χ1) is 12.6. The van der Waals surface area contributed by atoms with Gasteiger partial charge in [-0.15, -0.1) is 11.3 Å². The predicted octanol–water partition coefficient (Wildman–Crippen LogP) is 4.77. The van der Waals surface area contributed by atoms with Crippen LogP contribution >= 0.6 is 11.3 Å². The van der Waals surface area contributed by atoms with E-state index in [1.807, 2.05) is 35.7 Å². The Morgan fingerprint density at radius 1 is 1.08 bits per heavy atom. The molecule has 0 aliphatic heterocycles. The number of ketones is 1. The fourth-order valence-electron chi connectivity index (χ4n) is 3.24. The first kappa shape index (κ1) is 16.5. The molecule has 0 fully saturated rings. The van der Waals surface area contributed by atoms with Crippen LogP contribution in [0.5, 0.6) is 0 Å². The standard InChI is InChI=1S/C21H18N2O2S/c22-17-9-7-14(20-5-2-10-26-20)12-18(17)23-21(25)15-6-8-16-13(11-15)3-1-4-19(16)24/h2,5-12H,1,3-4,22H2,(H,23,25). The topological polar surface area (TPSA) is 72.2 Å². The average Bonchev–Trinajstić information content (AvgIpc) is 3.18. The van der Waals surface area contributed by atoms with Crippen molar-refractivity contribution < 1.29 is 9.59 Å². The van der Waals surface area contributed by atoms with Gasteiger partial charge in [-0.25, -0.2) is 0 Å². The molecule has 0 saturated carbocycles. The van der Waals surface area contributed by atoms with E-state index in [1.165, 1.54) is 0 Å². The van der Waals surface area contributed by atoms with Gasteiger partial charge in [0.1, 0.15) is 0 Å². The number of hydrogen-bond donors (Lipinski definition) is 2. The Labute approximate surface area is 155 Å². The van der Waals surface area contributed by atoms with Crippen molar-refractivity contribution in [1.82, 2.24) is 0 Å². The number of benzene rings is 2. The number of anilines is 2. The van der Waals surface area contributed by atoms with Crippen molar-refractivity contribution in [3.8, 4) is 10.4 Å². The number of hydrogen-bond acceptors (Lipinski definition) is 4. The number of carbonyl (C=O) groups excluding carboxylic acids is 2. The quantitative estimate of drug-likeness (QED) is 0.659. The molecule has 0 unspecified atom stereocenters. The van der Waals surface area contributed by atoms with Crippen molar-refractivity contribution in [2.24, 2.45) is 0 Å². The summed E-state index contributed by atoms with van der Waals surface area (Å²) < 4.78 is 0. The van der Waals surface area contributed by atoms with Gasteiger partial charge < -0.3 is 11.1 Å². The number of rotatable bonds is 3. The number of nitrogens with one attached hydrogen (secondary N) is 1. The lowest BCUT2D eigenvalue weighted by Gasteiger charge is -2.16. The minimum Gasteiger partial charge on any atom is -0.397 e. The van der Waals surface area contributed by atoms with Crippen LogP contribution in [-0.4, -0.2) is 11.7 Å². The SMILES string of the molecule is Nc1ccc(-c2cccs2)cc1NC(=O)c1ccc2c(c1)CCCC2=O. The van der Waals surface area contributed by atoms with Gasteiger partial charge in [0.05, 0.1) is 11.4 Å². The van der Waals surface area contributed by atoms with Crippen LogP contribution in [0, 0.1) is 0 Å². The molecular weight excluding hydrogens is 344 g/mol. The zero-order valence-electron chi connectivity index (χ0n) is 14.1. The summed E-state index contributed by atoms with van der Waals surface area (Å²) >= 11 is 1.64. The largest absolute Gasteiger partial charge is 0.397 e. The Morgan fingerprint density at radius 2 is 1.96 bits per heavy atom. The maximum atomic E-state index is 12.7. The summed E-state index contributed by atoms with van der Waals surface area (Å²) in [6.45, 7) is 0. The van der Waals surface area contributed by atoms with Gasteiger partial charge >= 0.3 is 0 Å². The molecule has 0 spiro atoms. The van der Waals surface area contributed by atoms with Gasteiger partial charge in [-0.1, -0.05) is 18.2 Å².